The molecule has 2 rings (SSSR count). The third-order valence-corrected chi connectivity index (χ3v) is 3.70. The van der Waals surface area contributed by atoms with Gasteiger partial charge in [-0.2, -0.15) is 0 Å². The smallest absolute Gasteiger partial charge is 0.257 e. The van der Waals surface area contributed by atoms with E-state index in [9.17, 15) is 4.79 Å². The van der Waals surface area contributed by atoms with Crippen molar-refractivity contribution in [1.82, 2.24) is 0 Å². The molecule has 0 aliphatic rings. The van der Waals surface area contributed by atoms with Gasteiger partial charge in [0.05, 0.1) is 10.6 Å². The minimum absolute atomic E-state index is 0.200. The topological polar surface area (TPSA) is 41.1 Å². The molecule has 2 N–H and O–H groups in total. The molecule has 4 heteroatoms. The Morgan fingerprint density at radius 3 is 2.36 bits per heavy atom. The fraction of sp³-hybridized carbons (Fsp3) is 0.278. The van der Waals surface area contributed by atoms with Crippen LogP contribution in [-0.4, -0.2) is 12.5 Å². The van der Waals surface area contributed by atoms with Gasteiger partial charge in [-0.15, -0.1) is 0 Å². The number of nitrogens with one attached hydrogen (secondary N) is 2. The second kappa shape index (κ2) is 8.44. The Bertz CT molecular complexity index is 611. The van der Waals surface area contributed by atoms with E-state index in [-0.39, 0.29) is 5.91 Å². The first-order valence-corrected chi connectivity index (χ1v) is 7.98. The number of amides is 1. The van der Waals surface area contributed by atoms with Crippen molar-refractivity contribution < 1.29 is 4.79 Å². The summed E-state index contributed by atoms with van der Waals surface area (Å²) in [6, 6.07) is 14.7. The molecule has 0 saturated heterocycles. The van der Waals surface area contributed by atoms with Crippen molar-refractivity contribution in [2.45, 2.75) is 26.2 Å². The molecule has 0 heterocycles. The Kier molecular flexibility index (Phi) is 6.28. The van der Waals surface area contributed by atoms with Gasteiger partial charge in [-0.25, -0.2) is 0 Å². The van der Waals surface area contributed by atoms with E-state index in [0.29, 0.717) is 10.6 Å². The summed E-state index contributed by atoms with van der Waals surface area (Å²) in [6.07, 6.45) is 3.62. The van der Waals surface area contributed by atoms with E-state index in [1.807, 2.05) is 24.3 Å². The van der Waals surface area contributed by atoms with Gasteiger partial charge in [-0.1, -0.05) is 43.5 Å². The standard InChI is InChI=1S/C18H21ClN2O/c1-2-3-6-13-20-14-9-11-15(12-10-14)21-18(22)16-7-4-5-8-17(16)19/h4-5,7-12,20H,2-3,6,13H2,1H3,(H,21,22). The largest absolute Gasteiger partial charge is 0.385 e. The Morgan fingerprint density at radius 2 is 1.68 bits per heavy atom. The van der Waals surface area contributed by atoms with E-state index in [0.717, 1.165) is 17.9 Å². The molecule has 2 aromatic rings. The highest BCUT2D eigenvalue weighted by Gasteiger charge is 2.09. The molecule has 0 unspecified atom stereocenters. The maximum Gasteiger partial charge on any atom is 0.257 e. The van der Waals surface area contributed by atoms with Gasteiger partial charge in [-0.3, -0.25) is 4.79 Å². The molecule has 0 saturated carbocycles. The highest BCUT2D eigenvalue weighted by atomic mass is 35.5. The summed E-state index contributed by atoms with van der Waals surface area (Å²) in [7, 11) is 0. The summed E-state index contributed by atoms with van der Waals surface area (Å²) in [5.41, 5.74) is 2.29. The zero-order valence-electron chi connectivity index (χ0n) is 12.7. The predicted octanol–water partition coefficient (Wildman–Crippen LogP) is 5.19. The first kappa shape index (κ1) is 16.4. The maximum atomic E-state index is 12.2. The lowest BCUT2D eigenvalue weighted by Crippen LogP contribution is -2.12. The lowest BCUT2D eigenvalue weighted by molar-refractivity contribution is 0.102. The van der Waals surface area contributed by atoms with Crippen LogP contribution in [0.15, 0.2) is 48.5 Å². The number of anilines is 2. The van der Waals surface area contributed by atoms with Crippen molar-refractivity contribution in [1.29, 1.82) is 0 Å². The van der Waals surface area contributed by atoms with E-state index in [4.69, 9.17) is 11.6 Å². The van der Waals surface area contributed by atoms with Crippen molar-refractivity contribution in [2.75, 3.05) is 17.2 Å². The van der Waals surface area contributed by atoms with E-state index in [2.05, 4.69) is 17.6 Å². The monoisotopic (exact) mass is 316 g/mol. The Hall–Kier alpha value is -2.00. The molecule has 0 aliphatic carbocycles. The van der Waals surface area contributed by atoms with E-state index in [1.54, 1.807) is 24.3 Å². The highest BCUT2D eigenvalue weighted by Crippen LogP contribution is 2.18. The first-order chi connectivity index (χ1) is 10.7. The van der Waals surface area contributed by atoms with Gasteiger partial charge in [-0.05, 0) is 42.8 Å². The minimum atomic E-state index is -0.200. The molecular weight excluding hydrogens is 296 g/mol. The lowest BCUT2D eigenvalue weighted by Gasteiger charge is -2.09. The van der Waals surface area contributed by atoms with E-state index in [1.165, 1.54) is 19.3 Å². The average Bonchev–Trinajstić information content (AvgIpc) is 2.53. The molecule has 0 fully saturated rings. The first-order valence-electron chi connectivity index (χ1n) is 7.60. The quantitative estimate of drug-likeness (QED) is 0.690. The summed E-state index contributed by atoms with van der Waals surface area (Å²) in [4.78, 5) is 12.2. The molecule has 0 spiro atoms. The third-order valence-electron chi connectivity index (χ3n) is 3.37. The van der Waals surface area contributed by atoms with Crippen molar-refractivity contribution in [3.63, 3.8) is 0 Å². The van der Waals surface area contributed by atoms with Crippen molar-refractivity contribution >= 4 is 28.9 Å². The van der Waals surface area contributed by atoms with E-state index < -0.39 is 0 Å². The van der Waals surface area contributed by atoms with Gasteiger partial charge in [0.25, 0.3) is 5.91 Å². The summed E-state index contributed by atoms with van der Waals surface area (Å²) < 4.78 is 0. The van der Waals surface area contributed by atoms with Crippen LogP contribution in [0.4, 0.5) is 11.4 Å². The minimum Gasteiger partial charge on any atom is -0.385 e. The van der Waals surface area contributed by atoms with Crippen LogP contribution in [-0.2, 0) is 0 Å². The number of benzene rings is 2. The molecular formula is C18H21ClN2O. The van der Waals surface area contributed by atoms with Gasteiger partial charge < -0.3 is 10.6 Å². The molecule has 3 nitrogen and oxygen atoms in total. The molecule has 1 amide bonds. The van der Waals surface area contributed by atoms with Crippen LogP contribution in [0.2, 0.25) is 5.02 Å². The Balaban J connectivity index is 1.91. The highest BCUT2D eigenvalue weighted by molar-refractivity contribution is 6.34. The number of unbranched alkanes of at least 4 members (excludes halogenated alkanes) is 2. The summed E-state index contributed by atoms with van der Waals surface area (Å²) >= 11 is 6.02. The predicted molar refractivity (Wildman–Crippen MR) is 93.9 cm³/mol. The molecule has 0 bridgehead atoms. The van der Waals surface area contributed by atoms with Crippen LogP contribution in [0.5, 0.6) is 0 Å². The zero-order chi connectivity index (χ0) is 15.8. The van der Waals surface area contributed by atoms with Gasteiger partial charge in [0, 0.05) is 17.9 Å². The van der Waals surface area contributed by atoms with Crippen LogP contribution in [0, 0.1) is 0 Å². The van der Waals surface area contributed by atoms with Crippen LogP contribution < -0.4 is 10.6 Å². The van der Waals surface area contributed by atoms with Gasteiger partial charge in [0.1, 0.15) is 0 Å². The SMILES string of the molecule is CCCCCNc1ccc(NC(=O)c2ccccc2Cl)cc1. The van der Waals surface area contributed by atoms with E-state index >= 15 is 0 Å². The van der Waals surface area contributed by atoms with Gasteiger partial charge >= 0.3 is 0 Å². The number of halogens is 1. The van der Waals surface area contributed by atoms with Crippen LogP contribution >= 0.6 is 11.6 Å². The molecule has 0 aromatic heterocycles. The Morgan fingerprint density at radius 1 is 1.00 bits per heavy atom. The third kappa shape index (κ3) is 4.78. The molecule has 0 radical (unpaired) electrons. The summed E-state index contributed by atoms with van der Waals surface area (Å²) in [5, 5.41) is 6.67. The van der Waals surface area contributed by atoms with Gasteiger partial charge in [0.15, 0.2) is 0 Å². The zero-order valence-corrected chi connectivity index (χ0v) is 13.5. The second-order valence-electron chi connectivity index (χ2n) is 5.15. The number of carbonyl (C=O) groups is 1. The summed E-state index contributed by atoms with van der Waals surface area (Å²) in [6.45, 7) is 3.16. The van der Waals surface area contributed by atoms with Crippen LogP contribution in [0.1, 0.15) is 36.5 Å². The van der Waals surface area contributed by atoms with Crippen molar-refractivity contribution in [2.24, 2.45) is 0 Å². The molecule has 0 aliphatic heterocycles. The molecule has 0 atom stereocenters. The Labute approximate surface area is 136 Å². The molecule has 2 aromatic carbocycles. The van der Waals surface area contributed by atoms with Crippen molar-refractivity contribution in [3.05, 3.63) is 59.1 Å². The number of rotatable bonds is 7. The summed E-state index contributed by atoms with van der Waals surface area (Å²) in [5.74, 6) is -0.200. The maximum absolute atomic E-state index is 12.2. The number of carbonyl (C=O) groups excluding carboxylic acids is 1. The van der Waals surface area contributed by atoms with Gasteiger partial charge in [0.2, 0.25) is 0 Å². The van der Waals surface area contributed by atoms with Crippen molar-refractivity contribution in [3.8, 4) is 0 Å². The average molecular weight is 317 g/mol. The van der Waals surface area contributed by atoms with Crippen LogP contribution in [0.3, 0.4) is 0 Å². The fourth-order valence-corrected chi connectivity index (χ4v) is 2.34. The van der Waals surface area contributed by atoms with Crippen LogP contribution in [0.25, 0.3) is 0 Å². The number of hydrogen-bond donors (Lipinski definition) is 2. The fourth-order valence-electron chi connectivity index (χ4n) is 2.12. The molecule has 116 valence electrons. The number of hydrogen-bond acceptors (Lipinski definition) is 2. The molecule has 22 heavy (non-hydrogen) atoms. The normalized spacial score (nSPS) is 10.3. The lowest BCUT2D eigenvalue weighted by atomic mass is 10.2. The second-order valence-corrected chi connectivity index (χ2v) is 5.55.